The normalized spacial score (nSPS) is 13.7. The number of benzene rings is 1. The molecule has 0 heterocycles. The first-order valence-corrected chi connectivity index (χ1v) is 12.4. The van der Waals surface area contributed by atoms with Crippen LogP contribution in [-0.2, 0) is 25.5 Å². The molecule has 202 valence electrons. The van der Waals surface area contributed by atoms with E-state index in [9.17, 15) is 28.7 Å². The maximum atomic E-state index is 13.2. The number of nitrogens with one attached hydrogen (secondary N) is 3. The minimum atomic E-state index is -1.17. The predicted molar refractivity (Wildman–Crippen MR) is 134 cm³/mol. The van der Waals surface area contributed by atoms with Gasteiger partial charge in [-0.2, -0.15) is 0 Å². The van der Waals surface area contributed by atoms with Crippen molar-refractivity contribution in [2.24, 2.45) is 0 Å². The topological polar surface area (TPSA) is 134 Å². The van der Waals surface area contributed by atoms with E-state index in [1.165, 1.54) is 0 Å². The fourth-order valence-corrected chi connectivity index (χ4v) is 3.43. The lowest BCUT2D eigenvalue weighted by Gasteiger charge is -2.26. The first-order chi connectivity index (χ1) is 17.0. The molecular weight excluding hydrogens is 469 g/mol. The van der Waals surface area contributed by atoms with Crippen molar-refractivity contribution < 1.29 is 33.4 Å². The lowest BCUT2D eigenvalue weighted by atomic mass is 10.0. The van der Waals surface area contributed by atoms with E-state index < -0.39 is 54.3 Å². The number of carbonyl (C=O) groups is 4. The maximum Gasteiger partial charge on any atom is 0.408 e. The summed E-state index contributed by atoms with van der Waals surface area (Å²) in [6.07, 6.45) is 1.59. The number of amides is 3. The molecule has 0 saturated heterocycles. The number of carbonyl (C=O) groups excluding carboxylic acids is 3. The van der Waals surface area contributed by atoms with Gasteiger partial charge in [-0.3, -0.25) is 14.0 Å². The van der Waals surface area contributed by atoms with Gasteiger partial charge in [0.2, 0.25) is 11.8 Å². The van der Waals surface area contributed by atoms with Crippen LogP contribution in [0.3, 0.4) is 0 Å². The summed E-state index contributed by atoms with van der Waals surface area (Å²) < 4.78 is 18.0. The number of ether oxygens (including phenoxy) is 1. The molecule has 1 aromatic carbocycles. The van der Waals surface area contributed by atoms with Crippen molar-refractivity contribution >= 4 is 23.9 Å². The molecule has 0 spiro atoms. The molecule has 1 aromatic rings. The van der Waals surface area contributed by atoms with E-state index in [0.29, 0.717) is 12.8 Å². The van der Waals surface area contributed by atoms with Crippen LogP contribution in [0.4, 0.5) is 9.18 Å². The van der Waals surface area contributed by atoms with Crippen LogP contribution in [0, 0.1) is 0 Å². The Hall–Kier alpha value is -3.17. The number of alkyl halides is 1. The molecule has 1 unspecified atom stereocenters. The smallest absolute Gasteiger partial charge is 0.408 e. The zero-order valence-electron chi connectivity index (χ0n) is 21.6. The summed E-state index contributed by atoms with van der Waals surface area (Å²) in [6.45, 7) is 6.42. The SMILES string of the molecule is CCCCC(NC(=O)[C@@H](CCCCF)NC(=O)[C@@H](Cc1ccccc1)NC(=O)OC(C)(C)C)C(=O)O. The van der Waals surface area contributed by atoms with Gasteiger partial charge in [0.05, 0.1) is 6.67 Å². The zero-order chi connectivity index (χ0) is 27.1. The second-order valence-corrected chi connectivity index (χ2v) is 9.68. The average molecular weight is 510 g/mol. The van der Waals surface area contributed by atoms with Gasteiger partial charge in [-0.15, -0.1) is 0 Å². The maximum absolute atomic E-state index is 13.2. The molecule has 1 rings (SSSR count). The molecule has 0 aliphatic rings. The second-order valence-electron chi connectivity index (χ2n) is 9.68. The standard InChI is InChI=1S/C26H40FN3O6/c1-5-6-14-20(24(33)34)29-22(31)19(15-10-11-16-27)28-23(32)21(17-18-12-8-7-9-13-18)30-25(35)36-26(2,3)4/h7-9,12-13,19-21H,5-6,10-11,14-17H2,1-4H3,(H,28,32)(H,29,31)(H,30,35)(H,33,34)/t19-,20?,21-/m1/s1. The minimum Gasteiger partial charge on any atom is -0.480 e. The Morgan fingerprint density at radius 3 is 2.03 bits per heavy atom. The van der Waals surface area contributed by atoms with E-state index in [4.69, 9.17) is 4.74 Å². The van der Waals surface area contributed by atoms with Crippen molar-refractivity contribution in [1.29, 1.82) is 0 Å². The van der Waals surface area contributed by atoms with Crippen LogP contribution in [0.5, 0.6) is 0 Å². The Morgan fingerprint density at radius 1 is 0.889 bits per heavy atom. The van der Waals surface area contributed by atoms with Crippen molar-refractivity contribution in [2.75, 3.05) is 6.67 Å². The predicted octanol–water partition coefficient (Wildman–Crippen LogP) is 3.51. The summed E-state index contributed by atoms with van der Waals surface area (Å²) in [4.78, 5) is 50.2. The Kier molecular flexibility index (Phi) is 13.5. The lowest BCUT2D eigenvalue weighted by Crippen LogP contribution is -2.56. The Labute approximate surface area is 212 Å². The van der Waals surface area contributed by atoms with E-state index in [0.717, 1.165) is 12.0 Å². The van der Waals surface area contributed by atoms with E-state index in [1.807, 2.05) is 13.0 Å². The number of carboxylic acids is 1. The number of carboxylic acid groups (broad SMARTS) is 1. The van der Waals surface area contributed by atoms with E-state index >= 15 is 0 Å². The highest BCUT2D eigenvalue weighted by Crippen LogP contribution is 2.10. The summed E-state index contributed by atoms with van der Waals surface area (Å²) in [5.41, 5.74) is -0.00518. The van der Waals surface area contributed by atoms with Crippen molar-refractivity contribution in [3.05, 3.63) is 35.9 Å². The number of aliphatic carboxylic acids is 1. The third-order valence-electron chi connectivity index (χ3n) is 5.26. The van der Waals surface area contributed by atoms with Crippen LogP contribution in [0.25, 0.3) is 0 Å². The molecule has 0 saturated carbocycles. The summed E-state index contributed by atoms with van der Waals surface area (Å²) in [5, 5.41) is 17.1. The van der Waals surface area contributed by atoms with Crippen LogP contribution in [0.15, 0.2) is 30.3 Å². The van der Waals surface area contributed by atoms with Crippen molar-refractivity contribution in [3.8, 4) is 0 Å². The van der Waals surface area contributed by atoms with Crippen molar-refractivity contribution in [3.63, 3.8) is 0 Å². The fourth-order valence-electron chi connectivity index (χ4n) is 3.43. The van der Waals surface area contributed by atoms with Crippen molar-refractivity contribution in [2.45, 2.75) is 96.4 Å². The van der Waals surface area contributed by atoms with Gasteiger partial charge in [0, 0.05) is 6.42 Å². The van der Waals surface area contributed by atoms with Gasteiger partial charge in [-0.05, 0) is 52.0 Å². The van der Waals surface area contributed by atoms with Gasteiger partial charge in [0.25, 0.3) is 0 Å². The third kappa shape index (κ3) is 12.5. The number of hydrogen-bond donors (Lipinski definition) is 4. The van der Waals surface area contributed by atoms with Crippen LogP contribution in [0.2, 0.25) is 0 Å². The lowest BCUT2D eigenvalue weighted by molar-refractivity contribution is -0.142. The molecule has 0 aromatic heterocycles. The monoisotopic (exact) mass is 509 g/mol. The van der Waals surface area contributed by atoms with E-state index in [1.54, 1.807) is 45.0 Å². The number of rotatable bonds is 15. The number of unbranched alkanes of at least 4 members (excludes halogenated alkanes) is 2. The van der Waals surface area contributed by atoms with Gasteiger partial charge >= 0.3 is 12.1 Å². The Balaban J connectivity index is 3.06. The van der Waals surface area contributed by atoms with Crippen molar-refractivity contribution in [1.82, 2.24) is 16.0 Å². The number of halogens is 1. The van der Waals surface area contributed by atoms with E-state index in [2.05, 4.69) is 16.0 Å². The zero-order valence-corrected chi connectivity index (χ0v) is 21.6. The highest BCUT2D eigenvalue weighted by molar-refractivity contribution is 5.93. The number of hydrogen-bond acceptors (Lipinski definition) is 5. The van der Waals surface area contributed by atoms with Crippen LogP contribution >= 0.6 is 0 Å². The van der Waals surface area contributed by atoms with Gasteiger partial charge < -0.3 is 25.8 Å². The molecule has 3 amide bonds. The van der Waals surface area contributed by atoms with Crippen LogP contribution < -0.4 is 16.0 Å². The van der Waals surface area contributed by atoms with Gasteiger partial charge in [0.15, 0.2) is 0 Å². The first kappa shape index (κ1) is 30.9. The highest BCUT2D eigenvalue weighted by atomic mass is 19.1. The minimum absolute atomic E-state index is 0.117. The van der Waals surface area contributed by atoms with Gasteiger partial charge in [-0.1, -0.05) is 50.1 Å². The molecule has 0 radical (unpaired) electrons. The Bertz CT molecular complexity index is 844. The molecule has 36 heavy (non-hydrogen) atoms. The molecule has 0 aliphatic carbocycles. The summed E-state index contributed by atoms with van der Waals surface area (Å²) in [7, 11) is 0. The van der Waals surface area contributed by atoms with E-state index in [-0.39, 0.29) is 25.7 Å². The molecular formula is C26H40FN3O6. The largest absolute Gasteiger partial charge is 0.480 e. The summed E-state index contributed by atoms with van der Waals surface area (Å²) in [5.74, 6) is -2.47. The first-order valence-electron chi connectivity index (χ1n) is 12.4. The average Bonchev–Trinajstić information content (AvgIpc) is 2.79. The summed E-state index contributed by atoms with van der Waals surface area (Å²) >= 11 is 0. The molecule has 10 heteroatoms. The third-order valence-corrected chi connectivity index (χ3v) is 5.26. The summed E-state index contributed by atoms with van der Waals surface area (Å²) in [6, 6.07) is 5.77. The molecule has 3 atom stereocenters. The molecule has 0 aliphatic heterocycles. The van der Waals surface area contributed by atoms with Crippen LogP contribution in [-0.4, -0.2) is 59.4 Å². The number of alkyl carbamates (subject to hydrolysis) is 1. The molecule has 9 nitrogen and oxygen atoms in total. The molecule has 4 N–H and O–H groups in total. The molecule has 0 fully saturated rings. The fraction of sp³-hybridized carbons (Fsp3) is 0.615. The second kappa shape index (κ2) is 15.7. The van der Waals surface area contributed by atoms with Crippen LogP contribution in [0.1, 0.15) is 71.8 Å². The molecule has 0 bridgehead atoms. The Morgan fingerprint density at radius 2 is 1.47 bits per heavy atom. The van der Waals surface area contributed by atoms with Gasteiger partial charge in [0.1, 0.15) is 23.7 Å². The highest BCUT2D eigenvalue weighted by Gasteiger charge is 2.30. The quantitative estimate of drug-likeness (QED) is 0.267. The van der Waals surface area contributed by atoms with Gasteiger partial charge in [-0.25, -0.2) is 9.59 Å².